The molecule has 0 fully saturated rings. The molecular formula is C8H9N2O6P2S+. The summed E-state index contributed by atoms with van der Waals surface area (Å²) in [6.45, 7) is 0. The van der Waals surface area contributed by atoms with Crippen LogP contribution >= 0.6 is 26.9 Å². The lowest BCUT2D eigenvalue weighted by Gasteiger charge is -2.06. The van der Waals surface area contributed by atoms with Gasteiger partial charge in [-0.05, 0) is 12.1 Å². The Hall–Kier alpha value is -0.760. The average Bonchev–Trinajstić information content (AvgIpc) is 2.65. The fourth-order valence-electron chi connectivity index (χ4n) is 1.30. The van der Waals surface area contributed by atoms with Crippen molar-refractivity contribution in [1.82, 2.24) is 4.98 Å². The van der Waals surface area contributed by atoms with Gasteiger partial charge in [0.15, 0.2) is 0 Å². The zero-order chi connectivity index (χ0) is 14.3. The number of hydrogen-bond donors (Lipinski definition) is 5. The van der Waals surface area contributed by atoms with Gasteiger partial charge in [0.2, 0.25) is 5.13 Å². The lowest BCUT2D eigenvalue weighted by atomic mass is 10.3. The van der Waals surface area contributed by atoms with E-state index in [0.717, 1.165) is 11.3 Å². The minimum absolute atomic E-state index is 0.0824. The number of fused-ring (bicyclic) bond motifs is 1. The number of nitrogens with zero attached hydrogens (tertiary/aromatic N) is 2. The third kappa shape index (κ3) is 3.42. The molecule has 102 valence electrons. The molecule has 1 heterocycles. The third-order valence-corrected chi connectivity index (χ3v) is 5.78. The fourth-order valence-corrected chi connectivity index (χ4v) is 4.13. The largest absolute Gasteiger partial charge is 0.469 e. The van der Waals surface area contributed by atoms with Gasteiger partial charge in [-0.2, -0.15) is 19.7 Å². The normalized spacial score (nSPS) is 14.1. The molecular weight excluding hydrogens is 314 g/mol. The van der Waals surface area contributed by atoms with Crippen LogP contribution in [-0.4, -0.2) is 34.6 Å². The maximum Gasteiger partial charge on any atom is 0.469 e. The molecule has 0 amide bonds. The molecule has 0 spiro atoms. The van der Waals surface area contributed by atoms with Crippen molar-refractivity contribution in [2.75, 3.05) is 0 Å². The van der Waals surface area contributed by atoms with E-state index in [-0.39, 0.29) is 5.13 Å². The summed E-state index contributed by atoms with van der Waals surface area (Å²) in [4.78, 5) is 52.3. The van der Waals surface area contributed by atoms with Gasteiger partial charge in [-0.3, -0.25) is 0 Å². The van der Waals surface area contributed by atoms with E-state index in [1.807, 2.05) is 0 Å². The lowest BCUT2D eigenvalue weighted by Crippen LogP contribution is -2.05. The van der Waals surface area contributed by atoms with Crippen molar-refractivity contribution in [2.24, 2.45) is 4.99 Å². The van der Waals surface area contributed by atoms with Gasteiger partial charge in [0, 0.05) is 0 Å². The molecule has 5 N–H and O–H groups in total. The number of aromatic nitrogens is 1. The van der Waals surface area contributed by atoms with Crippen LogP contribution in [0.25, 0.3) is 10.2 Å². The van der Waals surface area contributed by atoms with Crippen LogP contribution in [0.15, 0.2) is 29.3 Å². The quantitative estimate of drug-likeness (QED) is 0.422. The average molecular weight is 323 g/mol. The Bertz CT molecular complexity index is 655. The number of hydrogen-bond acceptors (Lipinski definition) is 7. The molecule has 0 aliphatic heterocycles. The van der Waals surface area contributed by atoms with Gasteiger partial charge in [-0.25, -0.2) is 9.55 Å². The molecule has 11 heteroatoms. The van der Waals surface area contributed by atoms with E-state index in [1.54, 1.807) is 24.3 Å². The summed E-state index contributed by atoms with van der Waals surface area (Å²) in [5.74, 6) is 0. The Morgan fingerprint density at radius 3 is 2.42 bits per heavy atom. The molecule has 0 unspecified atom stereocenters. The van der Waals surface area contributed by atoms with Crippen LogP contribution in [0, 0.1) is 0 Å². The summed E-state index contributed by atoms with van der Waals surface area (Å²) in [7, 11) is -9.99. The highest BCUT2D eigenvalue weighted by atomic mass is 32.1. The first-order chi connectivity index (χ1) is 8.68. The molecule has 2 rings (SSSR count). The van der Waals surface area contributed by atoms with Gasteiger partial charge in [-0.1, -0.05) is 23.5 Å². The predicted molar refractivity (Wildman–Crippen MR) is 72.3 cm³/mol. The minimum Gasteiger partial charge on any atom is -0.317 e. The molecule has 0 atom stereocenters. The molecule has 0 bridgehead atoms. The number of thiazole rings is 1. The summed E-state index contributed by atoms with van der Waals surface area (Å²) < 4.78 is 11.8. The van der Waals surface area contributed by atoms with Crippen LogP contribution in [-0.2, 0) is 4.57 Å². The zero-order valence-corrected chi connectivity index (χ0v) is 11.8. The molecule has 8 nitrogen and oxygen atoms in total. The molecule has 1 aromatic heterocycles. The van der Waals surface area contributed by atoms with Gasteiger partial charge in [0.1, 0.15) is 0 Å². The Balaban J connectivity index is 2.56. The van der Waals surface area contributed by atoms with E-state index in [2.05, 4.69) is 9.98 Å². The van der Waals surface area contributed by atoms with Crippen LogP contribution in [0.5, 0.6) is 0 Å². The van der Waals surface area contributed by atoms with Crippen LogP contribution < -0.4 is 0 Å². The lowest BCUT2D eigenvalue weighted by molar-refractivity contribution is 0.349. The predicted octanol–water partition coefficient (Wildman–Crippen LogP) is 1.20. The SMILES string of the molecule is O=P(O)(O)C(=Nc1nc2ccccc2s1)[P+](O)(O)O. The Labute approximate surface area is 111 Å². The Morgan fingerprint density at radius 2 is 1.89 bits per heavy atom. The molecule has 0 aliphatic carbocycles. The second-order valence-corrected chi connectivity index (χ2v) is 7.92. The number of aliphatic imine (C=N–C) groups is 1. The second-order valence-electron chi connectivity index (χ2n) is 3.49. The van der Waals surface area contributed by atoms with E-state index in [9.17, 15) is 4.57 Å². The fraction of sp³-hybridized carbons (Fsp3) is 0. The highest BCUT2D eigenvalue weighted by Crippen LogP contribution is 2.61. The van der Waals surface area contributed by atoms with Gasteiger partial charge >= 0.3 is 20.7 Å². The number of para-hydroxylation sites is 1. The minimum atomic E-state index is -5.09. The standard InChI is InChI=1S/C8H8N2O6P2S/c11-17(12,13)8(18(14,15)16)10-7-9-5-3-1-2-4-6(5)19-7/h1-4,11-13H,(H-,14,15,16)/p+1. The van der Waals surface area contributed by atoms with Crippen LogP contribution in [0.4, 0.5) is 5.13 Å². The zero-order valence-electron chi connectivity index (χ0n) is 9.15. The van der Waals surface area contributed by atoms with E-state index < -0.39 is 20.7 Å². The van der Waals surface area contributed by atoms with E-state index in [4.69, 9.17) is 24.5 Å². The monoisotopic (exact) mass is 323 g/mol. The maximum atomic E-state index is 11.1. The van der Waals surface area contributed by atoms with Crippen LogP contribution in [0.3, 0.4) is 0 Å². The van der Waals surface area contributed by atoms with Crippen LogP contribution in [0.1, 0.15) is 0 Å². The Kier molecular flexibility index (Phi) is 3.83. The molecule has 0 aliphatic rings. The highest BCUT2D eigenvalue weighted by molar-refractivity contribution is 8.00. The third-order valence-electron chi connectivity index (χ3n) is 2.01. The van der Waals surface area contributed by atoms with Crippen molar-refractivity contribution >= 4 is 47.4 Å². The molecule has 2 aromatic rings. The van der Waals surface area contributed by atoms with Crippen molar-refractivity contribution in [3.63, 3.8) is 0 Å². The van der Waals surface area contributed by atoms with Gasteiger partial charge in [0.25, 0.3) is 0 Å². The molecule has 0 radical (unpaired) electrons. The summed E-state index contributed by atoms with van der Waals surface area (Å²) in [6.07, 6.45) is 0. The first-order valence-electron chi connectivity index (χ1n) is 4.76. The molecule has 1 aromatic carbocycles. The summed E-state index contributed by atoms with van der Waals surface area (Å²) >= 11 is 1.00. The summed E-state index contributed by atoms with van der Waals surface area (Å²) in [5, 5.41) is -1.44. The van der Waals surface area contributed by atoms with Crippen molar-refractivity contribution in [3.8, 4) is 0 Å². The molecule has 19 heavy (non-hydrogen) atoms. The summed E-state index contributed by atoms with van der Waals surface area (Å²) in [6, 6.07) is 6.86. The van der Waals surface area contributed by atoms with Gasteiger partial charge in [-0.15, -0.1) is 0 Å². The molecule has 0 saturated carbocycles. The number of benzene rings is 1. The van der Waals surface area contributed by atoms with E-state index >= 15 is 0 Å². The van der Waals surface area contributed by atoms with Crippen molar-refractivity contribution < 1.29 is 29.0 Å². The van der Waals surface area contributed by atoms with E-state index in [1.165, 1.54) is 0 Å². The van der Waals surface area contributed by atoms with Crippen molar-refractivity contribution in [2.45, 2.75) is 0 Å². The van der Waals surface area contributed by atoms with Crippen LogP contribution in [0.2, 0.25) is 0 Å². The van der Waals surface area contributed by atoms with E-state index in [0.29, 0.717) is 10.2 Å². The van der Waals surface area contributed by atoms with Crippen molar-refractivity contribution in [1.29, 1.82) is 0 Å². The highest BCUT2D eigenvalue weighted by Gasteiger charge is 2.52. The molecule has 0 saturated heterocycles. The second kappa shape index (κ2) is 4.97. The number of rotatable bonds is 3. The first kappa shape index (κ1) is 14.6. The van der Waals surface area contributed by atoms with Gasteiger partial charge < -0.3 is 9.79 Å². The smallest absolute Gasteiger partial charge is 0.317 e. The topological polar surface area (TPSA) is 143 Å². The summed E-state index contributed by atoms with van der Waals surface area (Å²) in [5.41, 5.74) is 0.550. The first-order valence-corrected chi connectivity index (χ1v) is 8.84. The Morgan fingerprint density at radius 1 is 1.26 bits per heavy atom. The maximum absolute atomic E-state index is 11.1. The van der Waals surface area contributed by atoms with Crippen molar-refractivity contribution in [3.05, 3.63) is 24.3 Å². The van der Waals surface area contributed by atoms with Gasteiger partial charge in [0.05, 0.1) is 10.2 Å².